The highest BCUT2D eigenvalue weighted by atomic mass is 35.5. The van der Waals surface area contributed by atoms with Crippen molar-refractivity contribution < 1.29 is 31.5 Å². The van der Waals surface area contributed by atoms with Crippen molar-refractivity contribution >= 4 is 17.5 Å². The molecule has 0 saturated carbocycles. The van der Waals surface area contributed by atoms with Crippen molar-refractivity contribution in [1.29, 1.82) is 0 Å². The van der Waals surface area contributed by atoms with Gasteiger partial charge in [0, 0.05) is 31.3 Å². The molecule has 0 spiro atoms. The van der Waals surface area contributed by atoms with E-state index in [1.165, 1.54) is 12.1 Å². The van der Waals surface area contributed by atoms with Gasteiger partial charge in [0.1, 0.15) is 11.6 Å². The van der Waals surface area contributed by atoms with Gasteiger partial charge in [-0.3, -0.25) is 9.69 Å². The Balaban J connectivity index is 1.35. The van der Waals surface area contributed by atoms with Crippen molar-refractivity contribution in [3.63, 3.8) is 0 Å². The standard InChI is InChI=1S/C19H19ClF4N4O3/c1-11(25-16(29)10-30-13-3-4-14(20)15(21)6-13)2-5-17-26-27-18(31-17)9-28-7-12(8-28)19(22,23)24/h3-4,6,12H,1-2,5,7-10H2,(H,25,29). The first-order valence-corrected chi connectivity index (χ1v) is 9.63. The third kappa shape index (κ3) is 6.66. The van der Waals surface area contributed by atoms with Gasteiger partial charge >= 0.3 is 6.18 Å². The van der Waals surface area contributed by atoms with Gasteiger partial charge in [0.15, 0.2) is 6.61 Å². The summed E-state index contributed by atoms with van der Waals surface area (Å²) in [5.74, 6) is -1.78. The molecule has 0 radical (unpaired) electrons. The Labute approximate surface area is 180 Å². The minimum Gasteiger partial charge on any atom is -0.484 e. The maximum atomic E-state index is 13.3. The fourth-order valence-corrected chi connectivity index (χ4v) is 2.94. The number of carbonyl (C=O) groups excluding carboxylic acids is 1. The largest absolute Gasteiger partial charge is 0.484 e. The number of amides is 1. The first-order chi connectivity index (χ1) is 14.6. The van der Waals surface area contributed by atoms with Crippen LogP contribution in [0.15, 0.2) is 34.9 Å². The number of benzene rings is 1. The van der Waals surface area contributed by atoms with Crippen LogP contribution in [-0.2, 0) is 17.8 Å². The molecule has 1 fully saturated rings. The molecule has 1 N–H and O–H groups in total. The van der Waals surface area contributed by atoms with Crippen LogP contribution in [0.1, 0.15) is 18.2 Å². The Kier molecular flexibility index (Phi) is 7.16. The molecule has 7 nitrogen and oxygen atoms in total. The SMILES string of the molecule is C=C(CCc1nnc(CN2CC(C(F)(F)F)C2)o1)NC(=O)COc1ccc(Cl)c(F)c1. The predicted molar refractivity (Wildman–Crippen MR) is 102 cm³/mol. The van der Waals surface area contributed by atoms with Gasteiger partial charge in [0.2, 0.25) is 11.8 Å². The molecule has 31 heavy (non-hydrogen) atoms. The molecule has 1 aromatic carbocycles. The monoisotopic (exact) mass is 462 g/mol. The number of alkyl halides is 3. The van der Waals surface area contributed by atoms with Crippen LogP contribution in [0.2, 0.25) is 5.02 Å². The van der Waals surface area contributed by atoms with Gasteiger partial charge in [0.05, 0.1) is 17.5 Å². The Morgan fingerprint density at radius 1 is 1.32 bits per heavy atom. The number of nitrogens with zero attached hydrogens (tertiary/aromatic N) is 3. The Hall–Kier alpha value is -2.66. The normalized spacial score (nSPS) is 14.9. The summed E-state index contributed by atoms with van der Waals surface area (Å²) in [6.45, 7) is 3.36. The number of likely N-dealkylation sites (tertiary alicyclic amines) is 1. The van der Waals surface area contributed by atoms with Gasteiger partial charge in [-0.05, 0) is 18.6 Å². The number of allylic oxidation sites excluding steroid dienone is 1. The second-order valence-electron chi connectivity index (χ2n) is 7.04. The first kappa shape index (κ1) is 23.0. The van der Waals surface area contributed by atoms with Gasteiger partial charge in [-0.15, -0.1) is 10.2 Å². The van der Waals surface area contributed by atoms with Crippen LogP contribution in [0.4, 0.5) is 17.6 Å². The molecule has 1 aromatic heterocycles. The Bertz CT molecular complexity index is 944. The summed E-state index contributed by atoms with van der Waals surface area (Å²) < 4.78 is 61.5. The summed E-state index contributed by atoms with van der Waals surface area (Å²) in [6.07, 6.45) is -3.58. The van der Waals surface area contributed by atoms with Gasteiger partial charge < -0.3 is 14.5 Å². The number of aryl methyl sites for hydroxylation is 1. The maximum Gasteiger partial charge on any atom is 0.394 e. The Morgan fingerprint density at radius 2 is 2.03 bits per heavy atom. The van der Waals surface area contributed by atoms with Crippen molar-refractivity contribution in [2.24, 2.45) is 5.92 Å². The molecule has 1 aliphatic rings. The molecule has 1 aliphatic heterocycles. The van der Waals surface area contributed by atoms with Gasteiger partial charge in [-0.2, -0.15) is 13.2 Å². The molecule has 0 aliphatic carbocycles. The van der Waals surface area contributed by atoms with E-state index in [0.29, 0.717) is 18.5 Å². The minimum atomic E-state index is -4.18. The summed E-state index contributed by atoms with van der Waals surface area (Å²) in [4.78, 5) is 13.5. The van der Waals surface area contributed by atoms with Crippen LogP contribution in [0.25, 0.3) is 0 Å². The summed E-state index contributed by atoms with van der Waals surface area (Å²) in [5.41, 5.74) is 0.381. The smallest absolute Gasteiger partial charge is 0.394 e. The molecular weight excluding hydrogens is 444 g/mol. The zero-order valence-corrected chi connectivity index (χ0v) is 17.0. The number of hydrogen-bond acceptors (Lipinski definition) is 6. The van der Waals surface area contributed by atoms with Crippen molar-refractivity contribution in [3.8, 4) is 5.75 Å². The summed E-state index contributed by atoms with van der Waals surface area (Å²) in [6, 6.07) is 3.82. The maximum absolute atomic E-state index is 13.3. The molecule has 12 heteroatoms. The van der Waals surface area contributed by atoms with Crippen LogP contribution in [0.3, 0.4) is 0 Å². The van der Waals surface area contributed by atoms with E-state index in [2.05, 4.69) is 22.1 Å². The number of halogens is 5. The van der Waals surface area contributed by atoms with Crippen molar-refractivity contribution in [3.05, 3.63) is 53.1 Å². The number of nitrogens with one attached hydrogen (secondary N) is 1. The van der Waals surface area contributed by atoms with Gasteiger partial charge in [0.25, 0.3) is 5.91 Å². The van der Waals surface area contributed by atoms with E-state index >= 15 is 0 Å². The quantitative estimate of drug-likeness (QED) is 0.575. The predicted octanol–water partition coefficient (Wildman–Crippen LogP) is 3.50. The molecular formula is C19H19ClF4N4O3. The highest BCUT2D eigenvalue weighted by Crippen LogP contribution is 2.34. The van der Waals surface area contributed by atoms with E-state index in [9.17, 15) is 22.4 Å². The van der Waals surface area contributed by atoms with Crippen molar-refractivity contribution in [1.82, 2.24) is 20.4 Å². The summed E-state index contributed by atoms with van der Waals surface area (Å²) >= 11 is 5.57. The lowest BCUT2D eigenvalue weighted by molar-refractivity contribution is -0.210. The zero-order valence-electron chi connectivity index (χ0n) is 16.2. The van der Waals surface area contributed by atoms with Crippen molar-refractivity contribution in [2.75, 3.05) is 19.7 Å². The molecule has 2 aromatic rings. The topological polar surface area (TPSA) is 80.5 Å². The van der Waals surface area contributed by atoms with E-state index in [-0.39, 0.29) is 48.8 Å². The molecule has 1 saturated heterocycles. The molecule has 1 amide bonds. The fourth-order valence-electron chi connectivity index (χ4n) is 2.82. The fraction of sp³-hybridized carbons (Fsp3) is 0.421. The van der Waals surface area contributed by atoms with Gasteiger partial charge in [-0.1, -0.05) is 18.2 Å². The highest BCUT2D eigenvalue weighted by molar-refractivity contribution is 6.30. The number of ether oxygens (including phenoxy) is 1. The summed E-state index contributed by atoms with van der Waals surface area (Å²) in [7, 11) is 0. The lowest BCUT2D eigenvalue weighted by Crippen LogP contribution is -2.52. The van der Waals surface area contributed by atoms with E-state index in [0.717, 1.165) is 6.07 Å². The average molecular weight is 463 g/mol. The number of carbonyl (C=O) groups is 1. The van der Waals surface area contributed by atoms with E-state index in [4.69, 9.17) is 20.8 Å². The molecule has 0 atom stereocenters. The van der Waals surface area contributed by atoms with Gasteiger partial charge in [-0.25, -0.2) is 4.39 Å². The zero-order chi connectivity index (χ0) is 22.6. The molecule has 0 unspecified atom stereocenters. The lowest BCUT2D eigenvalue weighted by Gasteiger charge is -2.39. The average Bonchev–Trinajstić information content (AvgIpc) is 3.10. The second-order valence-corrected chi connectivity index (χ2v) is 7.45. The lowest BCUT2D eigenvalue weighted by atomic mass is 10.00. The molecule has 3 rings (SSSR count). The van der Waals surface area contributed by atoms with Crippen LogP contribution in [0, 0.1) is 11.7 Å². The van der Waals surface area contributed by atoms with Crippen LogP contribution in [-0.4, -0.2) is 46.9 Å². The Morgan fingerprint density at radius 3 is 2.71 bits per heavy atom. The number of hydrogen-bond donors (Lipinski definition) is 1. The van der Waals surface area contributed by atoms with Crippen LogP contribution in [0.5, 0.6) is 5.75 Å². The van der Waals surface area contributed by atoms with E-state index in [1.54, 1.807) is 4.90 Å². The number of rotatable bonds is 9. The van der Waals surface area contributed by atoms with Crippen molar-refractivity contribution in [2.45, 2.75) is 25.6 Å². The first-order valence-electron chi connectivity index (χ1n) is 9.26. The van der Waals surface area contributed by atoms with Crippen LogP contribution < -0.4 is 10.1 Å². The number of aromatic nitrogens is 2. The van der Waals surface area contributed by atoms with E-state index < -0.39 is 23.8 Å². The third-order valence-electron chi connectivity index (χ3n) is 4.51. The summed E-state index contributed by atoms with van der Waals surface area (Å²) in [5, 5.41) is 10.2. The highest BCUT2D eigenvalue weighted by Gasteiger charge is 2.47. The third-order valence-corrected chi connectivity index (χ3v) is 4.81. The van der Waals surface area contributed by atoms with E-state index in [1.807, 2.05) is 0 Å². The molecule has 168 valence electrons. The van der Waals surface area contributed by atoms with Crippen LogP contribution >= 0.6 is 11.6 Å². The minimum absolute atomic E-state index is 0.0512. The molecule has 0 bridgehead atoms. The second kappa shape index (κ2) is 9.65. The molecule has 2 heterocycles.